The van der Waals surface area contributed by atoms with E-state index in [2.05, 4.69) is 136 Å². The third kappa shape index (κ3) is 3.05. The van der Waals surface area contributed by atoms with Crippen molar-refractivity contribution in [1.82, 2.24) is 0 Å². The number of hydrogen-bond acceptors (Lipinski definition) is 2. The fraction of sp³-hybridized carbons (Fsp3) is 0.375. The van der Waals surface area contributed by atoms with Crippen molar-refractivity contribution < 1.29 is 4.42 Å². The molecule has 6 unspecified atom stereocenters. The quantitative estimate of drug-likeness (QED) is 0.189. The standard InChI is InChI=1S/C48H45NO/c1-45(2)22-23-46(3,4)43-35(45)17-11-19-37(43)49(38-20-9-14-31-30-12-6-8-21-39(30)50-44(31)38)36-18-10-16-34-42(36)32-13-5-7-15-33(32)48(34)40-25-28-24-29-26-41(48)47(29,40)27-28/h5-21,28-29,40-41H,22-27H2,1-4H3. The van der Waals surface area contributed by atoms with Crippen LogP contribution in [-0.2, 0) is 16.2 Å². The molecule has 6 aliphatic rings. The van der Waals surface area contributed by atoms with Crippen molar-refractivity contribution >= 4 is 39.0 Å². The number of rotatable bonds is 3. The van der Waals surface area contributed by atoms with E-state index < -0.39 is 0 Å². The molecule has 0 saturated heterocycles. The molecule has 2 spiro atoms. The average molecular weight is 652 g/mol. The van der Waals surface area contributed by atoms with Crippen LogP contribution in [0, 0.1) is 29.1 Å². The Balaban J connectivity index is 1.18. The second-order valence-corrected chi connectivity index (χ2v) is 18.4. The van der Waals surface area contributed by atoms with Crippen LogP contribution in [0.15, 0.2) is 108 Å². The van der Waals surface area contributed by atoms with Gasteiger partial charge in [-0.3, -0.25) is 0 Å². The highest BCUT2D eigenvalue weighted by atomic mass is 16.3. The second kappa shape index (κ2) is 8.94. The number of para-hydroxylation sites is 2. The number of anilines is 3. The van der Waals surface area contributed by atoms with Crippen LogP contribution >= 0.6 is 0 Å². The first-order valence-electron chi connectivity index (χ1n) is 19.3. The van der Waals surface area contributed by atoms with Gasteiger partial charge < -0.3 is 9.32 Å². The molecule has 5 aromatic carbocycles. The third-order valence-electron chi connectivity index (χ3n) is 15.6. The molecule has 4 fully saturated rings. The summed E-state index contributed by atoms with van der Waals surface area (Å²) in [4.78, 5) is 2.64. The summed E-state index contributed by atoms with van der Waals surface area (Å²) < 4.78 is 6.88. The van der Waals surface area contributed by atoms with Gasteiger partial charge in [0.05, 0.1) is 17.1 Å². The molecule has 1 aromatic heterocycles. The SMILES string of the molecule is CC1(C)CCC(C)(C)c2c(N(c3cccc4c3-c3ccccc3C43C4CC5CC6CC3C64C5)c3cccc4c3oc3ccccc34)cccc21. The zero-order chi connectivity index (χ0) is 33.4. The van der Waals surface area contributed by atoms with Gasteiger partial charge in [0, 0.05) is 21.8 Å². The zero-order valence-corrected chi connectivity index (χ0v) is 29.7. The molecule has 1 heterocycles. The summed E-state index contributed by atoms with van der Waals surface area (Å²) in [5.74, 6) is 3.49. The highest BCUT2D eigenvalue weighted by Gasteiger charge is 2.84. The maximum atomic E-state index is 6.88. The van der Waals surface area contributed by atoms with E-state index in [4.69, 9.17) is 4.42 Å². The minimum atomic E-state index is 0.0307. The van der Waals surface area contributed by atoms with Crippen LogP contribution in [0.25, 0.3) is 33.1 Å². The van der Waals surface area contributed by atoms with Crippen LogP contribution in [0.3, 0.4) is 0 Å². The Hall–Kier alpha value is -4.30. The molecule has 2 nitrogen and oxygen atoms in total. The number of benzene rings is 5. The zero-order valence-electron chi connectivity index (χ0n) is 29.7. The van der Waals surface area contributed by atoms with Crippen molar-refractivity contribution in [3.8, 4) is 11.1 Å². The Labute approximate surface area is 295 Å². The fourth-order valence-corrected chi connectivity index (χ4v) is 13.7. The summed E-state index contributed by atoms with van der Waals surface area (Å²) in [6.45, 7) is 9.84. The molecule has 50 heavy (non-hydrogen) atoms. The molecular formula is C48H45NO. The highest BCUT2D eigenvalue weighted by Crippen LogP contribution is 2.89. The lowest BCUT2D eigenvalue weighted by Gasteiger charge is -2.76. The fourth-order valence-electron chi connectivity index (χ4n) is 13.7. The molecule has 2 heteroatoms. The van der Waals surface area contributed by atoms with Gasteiger partial charge in [0.2, 0.25) is 0 Å². The lowest BCUT2D eigenvalue weighted by atomic mass is 9.27. The van der Waals surface area contributed by atoms with Crippen LogP contribution < -0.4 is 4.90 Å². The number of nitrogens with zero attached hydrogens (tertiary/aromatic N) is 1. The van der Waals surface area contributed by atoms with Crippen LogP contribution in [0.5, 0.6) is 0 Å². The number of furan rings is 1. The van der Waals surface area contributed by atoms with Crippen molar-refractivity contribution in [2.75, 3.05) is 4.90 Å². The van der Waals surface area contributed by atoms with E-state index in [0.29, 0.717) is 5.41 Å². The topological polar surface area (TPSA) is 16.4 Å². The van der Waals surface area contributed by atoms with Crippen molar-refractivity contribution in [3.63, 3.8) is 0 Å². The molecule has 6 atom stereocenters. The van der Waals surface area contributed by atoms with Crippen molar-refractivity contribution in [1.29, 1.82) is 0 Å². The molecule has 0 amide bonds. The monoisotopic (exact) mass is 651 g/mol. The van der Waals surface area contributed by atoms with Gasteiger partial charge >= 0.3 is 0 Å². The van der Waals surface area contributed by atoms with Crippen molar-refractivity contribution in [2.24, 2.45) is 29.1 Å². The number of fused-ring (bicyclic) bond motifs is 12. The van der Waals surface area contributed by atoms with Gasteiger partial charge in [0.1, 0.15) is 5.58 Å². The largest absolute Gasteiger partial charge is 0.454 e. The van der Waals surface area contributed by atoms with E-state index in [-0.39, 0.29) is 16.2 Å². The van der Waals surface area contributed by atoms with Gasteiger partial charge in [-0.15, -0.1) is 0 Å². The molecule has 6 aliphatic carbocycles. The molecular weight excluding hydrogens is 607 g/mol. The molecule has 2 bridgehead atoms. The number of hydrogen-bond donors (Lipinski definition) is 0. The molecule has 6 aromatic rings. The van der Waals surface area contributed by atoms with Gasteiger partial charge in [0.25, 0.3) is 0 Å². The first kappa shape index (κ1) is 28.4. The highest BCUT2D eigenvalue weighted by molar-refractivity contribution is 6.11. The molecule has 0 N–H and O–H groups in total. The van der Waals surface area contributed by atoms with E-state index in [1.165, 1.54) is 82.9 Å². The molecule has 4 saturated carbocycles. The molecule has 248 valence electrons. The summed E-state index contributed by atoms with van der Waals surface area (Å²) in [6, 6.07) is 39.4. The van der Waals surface area contributed by atoms with E-state index >= 15 is 0 Å². The Bertz CT molecular complexity index is 2460. The van der Waals surface area contributed by atoms with Crippen LogP contribution in [0.1, 0.15) is 88.5 Å². The smallest absolute Gasteiger partial charge is 0.159 e. The normalized spacial score (nSPS) is 31.2. The van der Waals surface area contributed by atoms with Crippen molar-refractivity contribution in [3.05, 3.63) is 125 Å². The Morgan fingerprint density at radius 1 is 0.600 bits per heavy atom. The predicted octanol–water partition coefficient (Wildman–Crippen LogP) is 12.7. The summed E-state index contributed by atoms with van der Waals surface area (Å²) in [7, 11) is 0. The minimum Gasteiger partial charge on any atom is -0.454 e. The molecule has 0 aliphatic heterocycles. The maximum Gasteiger partial charge on any atom is 0.159 e. The lowest BCUT2D eigenvalue weighted by molar-refractivity contribution is -0.231. The predicted molar refractivity (Wildman–Crippen MR) is 205 cm³/mol. The third-order valence-corrected chi connectivity index (χ3v) is 15.6. The Morgan fingerprint density at radius 3 is 2.16 bits per heavy atom. The van der Waals surface area contributed by atoms with Crippen molar-refractivity contribution in [2.45, 2.75) is 82.5 Å². The maximum absolute atomic E-state index is 6.88. The van der Waals surface area contributed by atoms with Gasteiger partial charge in [-0.2, -0.15) is 0 Å². The summed E-state index contributed by atoms with van der Waals surface area (Å²) in [6.07, 6.45) is 8.19. The Kier molecular flexibility index (Phi) is 5.08. The van der Waals surface area contributed by atoms with E-state index in [1.54, 1.807) is 11.1 Å². The van der Waals surface area contributed by atoms with E-state index in [1.807, 2.05) is 0 Å². The lowest BCUT2D eigenvalue weighted by Crippen LogP contribution is -2.73. The van der Waals surface area contributed by atoms with E-state index in [0.717, 1.165) is 40.5 Å². The van der Waals surface area contributed by atoms with Crippen LogP contribution in [-0.4, -0.2) is 0 Å². The van der Waals surface area contributed by atoms with Gasteiger partial charge in [-0.1, -0.05) is 107 Å². The van der Waals surface area contributed by atoms with Crippen LogP contribution in [0.2, 0.25) is 0 Å². The molecule has 12 rings (SSSR count). The van der Waals surface area contributed by atoms with E-state index in [9.17, 15) is 0 Å². The first-order valence-corrected chi connectivity index (χ1v) is 19.3. The van der Waals surface area contributed by atoms with Gasteiger partial charge in [-0.05, 0) is 131 Å². The summed E-state index contributed by atoms with van der Waals surface area (Å²) in [5, 5.41) is 2.36. The van der Waals surface area contributed by atoms with Gasteiger partial charge in [-0.25, -0.2) is 0 Å². The van der Waals surface area contributed by atoms with Crippen LogP contribution in [0.4, 0.5) is 17.1 Å². The van der Waals surface area contributed by atoms with Gasteiger partial charge in [0.15, 0.2) is 5.58 Å². The minimum absolute atomic E-state index is 0.0307. The summed E-state index contributed by atoms with van der Waals surface area (Å²) >= 11 is 0. The summed E-state index contributed by atoms with van der Waals surface area (Å²) in [5.41, 5.74) is 15.7. The second-order valence-electron chi connectivity index (χ2n) is 18.4. The average Bonchev–Trinajstić information content (AvgIpc) is 3.85. The Morgan fingerprint density at radius 2 is 1.28 bits per heavy atom. The first-order chi connectivity index (χ1) is 24.2. The molecule has 0 radical (unpaired) electrons.